The van der Waals surface area contributed by atoms with Crippen LogP contribution in [0.15, 0.2) is 88.9 Å². The summed E-state index contributed by atoms with van der Waals surface area (Å²) in [6, 6.07) is 19.5. The van der Waals surface area contributed by atoms with Crippen LogP contribution in [0.5, 0.6) is 0 Å². The first-order valence-corrected chi connectivity index (χ1v) is 17.2. The minimum atomic E-state index is -4.37. The van der Waals surface area contributed by atoms with Gasteiger partial charge in [-0.2, -0.15) is 18.2 Å². The fourth-order valence-electron chi connectivity index (χ4n) is 6.64. The van der Waals surface area contributed by atoms with Crippen LogP contribution in [0.25, 0.3) is 11.1 Å². The van der Waals surface area contributed by atoms with Gasteiger partial charge in [-0.3, -0.25) is 9.69 Å². The van der Waals surface area contributed by atoms with E-state index in [1.807, 2.05) is 30.5 Å². The number of imidazole rings is 1. The Balaban J connectivity index is 1.19. The summed E-state index contributed by atoms with van der Waals surface area (Å²) in [5, 5.41) is 0.626. The Labute approximate surface area is 280 Å². The summed E-state index contributed by atoms with van der Waals surface area (Å²) in [7, 11) is 0. The fourth-order valence-corrected chi connectivity index (χ4v) is 7.60. The third kappa shape index (κ3) is 7.12. The van der Waals surface area contributed by atoms with Gasteiger partial charge in [-0.15, -0.1) is 0 Å². The molecule has 3 aromatic carbocycles. The molecule has 6 nitrogen and oxygen atoms in total. The summed E-state index contributed by atoms with van der Waals surface area (Å²) >= 11 is 1.47. The molecular weight excluding hydrogens is 638 g/mol. The molecule has 5 aromatic rings. The van der Waals surface area contributed by atoms with Gasteiger partial charge in [0, 0.05) is 36.3 Å². The molecule has 248 valence electrons. The molecule has 2 aliphatic rings. The van der Waals surface area contributed by atoms with E-state index in [0.717, 1.165) is 89.6 Å². The molecule has 0 spiro atoms. The van der Waals surface area contributed by atoms with Crippen LogP contribution in [0.2, 0.25) is 0 Å². The summed E-state index contributed by atoms with van der Waals surface area (Å²) in [6.07, 6.45) is 2.34. The highest BCUT2D eigenvalue weighted by molar-refractivity contribution is 7.98. The van der Waals surface area contributed by atoms with Crippen molar-refractivity contribution in [3.05, 3.63) is 135 Å². The first kappa shape index (κ1) is 32.3. The maximum atomic E-state index is 13.5. The molecule has 0 radical (unpaired) electrons. The highest BCUT2D eigenvalue weighted by Crippen LogP contribution is 2.32. The van der Waals surface area contributed by atoms with Gasteiger partial charge in [0.05, 0.1) is 17.8 Å². The van der Waals surface area contributed by atoms with E-state index < -0.39 is 11.7 Å². The lowest BCUT2D eigenvalue weighted by molar-refractivity contribution is -0.137. The largest absolute Gasteiger partial charge is 0.416 e. The maximum absolute atomic E-state index is 13.5. The van der Waals surface area contributed by atoms with Gasteiger partial charge < -0.3 is 9.13 Å². The van der Waals surface area contributed by atoms with Crippen LogP contribution >= 0.6 is 11.8 Å². The average molecular weight is 674 g/mol. The van der Waals surface area contributed by atoms with Crippen LogP contribution < -0.4 is 5.56 Å². The van der Waals surface area contributed by atoms with E-state index in [4.69, 9.17) is 4.98 Å². The monoisotopic (exact) mass is 673 g/mol. The molecule has 48 heavy (non-hydrogen) atoms. The Morgan fingerprint density at radius 1 is 0.750 bits per heavy atom. The summed E-state index contributed by atoms with van der Waals surface area (Å²) in [4.78, 5) is 24.9. The Hall–Kier alpha value is -4.22. The van der Waals surface area contributed by atoms with E-state index in [2.05, 4.69) is 19.0 Å². The molecule has 0 amide bonds. The van der Waals surface area contributed by atoms with Crippen LogP contribution in [-0.4, -0.2) is 37.1 Å². The lowest BCUT2D eigenvalue weighted by Crippen LogP contribution is -2.24. The van der Waals surface area contributed by atoms with Gasteiger partial charge >= 0.3 is 6.18 Å². The van der Waals surface area contributed by atoms with E-state index in [9.17, 15) is 22.4 Å². The molecule has 0 unspecified atom stereocenters. The number of halogens is 4. The van der Waals surface area contributed by atoms with Crippen molar-refractivity contribution >= 4 is 11.8 Å². The highest BCUT2D eigenvalue weighted by atomic mass is 32.2. The van der Waals surface area contributed by atoms with Gasteiger partial charge in [0.25, 0.3) is 5.56 Å². The smallest absolute Gasteiger partial charge is 0.325 e. The van der Waals surface area contributed by atoms with E-state index in [-0.39, 0.29) is 11.4 Å². The molecule has 7 rings (SSSR count). The number of nitrogens with zero attached hydrogens (tertiary/aromatic N) is 5. The molecule has 1 fully saturated rings. The summed E-state index contributed by atoms with van der Waals surface area (Å²) in [5.41, 5.74) is 5.59. The molecule has 11 heteroatoms. The zero-order chi connectivity index (χ0) is 33.3. The number of thioether (sulfide) groups is 1. The number of rotatable bonds is 10. The van der Waals surface area contributed by atoms with Crippen LogP contribution in [0.3, 0.4) is 0 Å². The topological polar surface area (TPSA) is 56.0 Å². The normalized spacial score (nSPS) is 14.9. The third-order valence-corrected chi connectivity index (χ3v) is 10.3. The van der Waals surface area contributed by atoms with Gasteiger partial charge in [-0.25, -0.2) is 9.37 Å². The van der Waals surface area contributed by atoms with Crippen molar-refractivity contribution in [1.82, 2.24) is 24.0 Å². The minimum absolute atomic E-state index is 0.174. The second-order valence-electron chi connectivity index (χ2n) is 12.5. The Bertz CT molecular complexity index is 1950. The van der Waals surface area contributed by atoms with Gasteiger partial charge in [0.1, 0.15) is 11.6 Å². The number of aromatic nitrogens is 4. The number of hydrogen-bond donors (Lipinski definition) is 0. The van der Waals surface area contributed by atoms with E-state index in [1.165, 1.54) is 48.9 Å². The number of fused-ring (bicyclic) bond motifs is 1. The first-order valence-electron chi connectivity index (χ1n) is 16.2. The van der Waals surface area contributed by atoms with Gasteiger partial charge in [0.15, 0.2) is 5.16 Å². The summed E-state index contributed by atoms with van der Waals surface area (Å²) < 4.78 is 57.1. The van der Waals surface area contributed by atoms with Crippen LogP contribution in [0, 0.1) is 5.82 Å². The fraction of sp³-hybridized carbons (Fsp3) is 0.324. The quantitative estimate of drug-likeness (QED) is 0.0863. The molecule has 2 aromatic heterocycles. The van der Waals surface area contributed by atoms with E-state index >= 15 is 0 Å². The lowest BCUT2D eigenvalue weighted by Gasteiger charge is -2.20. The van der Waals surface area contributed by atoms with Crippen molar-refractivity contribution in [2.75, 3.05) is 13.1 Å². The Morgan fingerprint density at radius 2 is 1.42 bits per heavy atom. The zero-order valence-corrected chi connectivity index (χ0v) is 27.2. The molecule has 3 heterocycles. The van der Waals surface area contributed by atoms with Crippen molar-refractivity contribution < 1.29 is 17.6 Å². The van der Waals surface area contributed by atoms with Crippen molar-refractivity contribution in [1.29, 1.82) is 0 Å². The summed E-state index contributed by atoms with van der Waals surface area (Å²) in [5.74, 6) is 1.12. The van der Waals surface area contributed by atoms with E-state index in [0.29, 0.717) is 30.4 Å². The predicted octanol–water partition coefficient (Wildman–Crippen LogP) is 7.74. The van der Waals surface area contributed by atoms with Gasteiger partial charge in [-0.05, 0) is 91.7 Å². The number of alkyl halides is 3. The molecule has 1 aliphatic carbocycles. The first-order chi connectivity index (χ1) is 23.2. The average Bonchev–Trinajstić information content (AvgIpc) is 3.86. The molecule has 0 N–H and O–H groups in total. The number of benzene rings is 3. The molecule has 0 bridgehead atoms. The van der Waals surface area contributed by atoms with Crippen LogP contribution in [0.1, 0.15) is 58.7 Å². The van der Waals surface area contributed by atoms with Crippen molar-refractivity contribution in [2.45, 2.75) is 68.8 Å². The van der Waals surface area contributed by atoms with E-state index in [1.54, 1.807) is 12.1 Å². The molecule has 1 saturated heterocycles. The molecule has 1 aliphatic heterocycles. The SMILES string of the molecule is O=c1nc(SCc2ccc(F)cc2)n(Cc2ncc(CN3CCCC3)n2Cc2ccc(-c3ccc(C(F)(F)F)cc3)cc2)c2c1CCC2. The van der Waals surface area contributed by atoms with Gasteiger partial charge in [-0.1, -0.05) is 60.3 Å². The molecule has 0 saturated carbocycles. The summed E-state index contributed by atoms with van der Waals surface area (Å²) in [6.45, 7) is 3.89. The number of hydrogen-bond acceptors (Lipinski definition) is 5. The molecule has 0 atom stereocenters. The predicted molar refractivity (Wildman–Crippen MR) is 178 cm³/mol. The van der Waals surface area contributed by atoms with Gasteiger partial charge in [0.2, 0.25) is 0 Å². The standard InChI is InChI=1S/C37H35F4N5OS/c38-30-16-8-26(9-17-30)24-48-36-43-35(47)32-4-3-5-33(32)46(36)23-34-42-20-31(22-44-18-1-2-19-44)45(34)21-25-6-10-27(11-7-25)28-12-14-29(15-13-28)37(39,40)41/h6-17,20H,1-5,18-19,21-24H2. The van der Waals surface area contributed by atoms with Crippen LogP contribution in [-0.2, 0) is 44.4 Å². The highest BCUT2D eigenvalue weighted by Gasteiger charge is 2.30. The molecular formula is C37H35F4N5OS. The lowest BCUT2D eigenvalue weighted by atomic mass is 10.0. The Kier molecular flexibility index (Phi) is 9.24. The number of likely N-dealkylation sites (tertiary alicyclic amines) is 1. The van der Waals surface area contributed by atoms with Crippen molar-refractivity contribution in [3.8, 4) is 11.1 Å². The third-order valence-electron chi connectivity index (χ3n) is 9.23. The minimum Gasteiger partial charge on any atom is -0.325 e. The van der Waals surface area contributed by atoms with Crippen molar-refractivity contribution in [3.63, 3.8) is 0 Å². The maximum Gasteiger partial charge on any atom is 0.416 e. The van der Waals surface area contributed by atoms with Crippen molar-refractivity contribution in [2.24, 2.45) is 0 Å². The second-order valence-corrected chi connectivity index (χ2v) is 13.4. The van der Waals surface area contributed by atoms with Crippen LogP contribution in [0.4, 0.5) is 17.6 Å². The second kappa shape index (κ2) is 13.7. The Morgan fingerprint density at radius 3 is 2.10 bits per heavy atom. The zero-order valence-electron chi connectivity index (χ0n) is 26.3.